The molecule has 0 bridgehead atoms. The third-order valence-electron chi connectivity index (χ3n) is 3.96. The minimum atomic E-state index is 0.191. The number of amides is 1. The number of nitrogens with one attached hydrogen (secondary N) is 2. The Labute approximate surface area is 217 Å². The largest absolute Gasteiger partial charge is 0.398 e. The van der Waals surface area contributed by atoms with Crippen LogP contribution in [0.15, 0.2) is 67.4 Å². The maximum absolute atomic E-state index is 10.7. The van der Waals surface area contributed by atoms with E-state index < -0.39 is 0 Å². The monoisotopic (exact) mass is 499 g/mol. The van der Waals surface area contributed by atoms with Crippen molar-refractivity contribution >= 4 is 28.6 Å². The van der Waals surface area contributed by atoms with Crippen LogP contribution in [0.5, 0.6) is 0 Å². The Morgan fingerprint density at radius 2 is 1.74 bits per heavy atom. The maximum atomic E-state index is 10.7. The molecule has 7 heteroatoms. The molecule has 0 saturated carbocycles. The van der Waals surface area contributed by atoms with Gasteiger partial charge in [-0.3, -0.25) is 10.2 Å². The Morgan fingerprint density at radius 1 is 1.20 bits per heavy atom. The number of aryl methyl sites for hydroxylation is 1. The fourth-order valence-corrected chi connectivity index (χ4v) is 3.15. The Morgan fingerprint density at radius 3 is 2.09 bits per heavy atom. The molecule has 1 aromatic heterocycles. The number of anilines is 1. The third-order valence-corrected chi connectivity index (χ3v) is 4.89. The lowest BCUT2D eigenvalue weighted by molar-refractivity contribution is -0.129. The minimum absolute atomic E-state index is 0.191. The molecule has 0 aliphatic carbocycles. The first-order chi connectivity index (χ1) is 16.6. The number of aromatic nitrogens is 1. The van der Waals surface area contributed by atoms with Gasteiger partial charge in [0.15, 0.2) is 0 Å². The van der Waals surface area contributed by atoms with Gasteiger partial charge in [-0.05, 0) is 33.8 Å². The first kappa shape index (κ1) is 34.1. The molecule has 2 heterocycles. The zero-order valence-corrected chi connectivity index (χ0v) is 23.5. The fraction of sp³-hybridized carbons (Fsp3) is 0.393. The molecule has 1 aliphatic rings. The van der Waals surface area contributed by atoms with E-state index in [0.29, 0.717) is 16.4 Å². The SMILES string of the molecule is C=C(C)C.C=C/C=C\C.CC.CC(=O)N1CCNCC1.Cc1cnc(C(=N)c2ccccc2N)s1. The van der Waals surface area contributed by atoms with Crippen LogP contribution in [0, 0.1) is 12.3 Å². The van der Waals surface area contributed by atoms with Crippen molar-refractivity contribution in [3.63, 3.8) is 0 Å². The summed E-state index contributed by atoms with van der Waals surface area (Å²) in [6.07, 6.45) is 7.35. The number of benzene rings is 1. The number of nitrogens with zero attached hydrogens (tertiary/aromatic N) is 2. The molecule has 2 aromatic rings. The van der Waals surface area contributed by atoms with Crippen LogP contribution in [0.2, 0.25) is 0 Å². The molecule has 194 valence electrons. The molecule has 1 saturated heterocycles. The summed E-state index contributed by atoms with van der Waals surface area (Å²) in [6, 6.07) is 7.37. The van der Waals surface area contributed by atoms with Crippen LogP contribution in [0.25, 0.3) is 0 Å². The van der Waals surface area contributed by atoms with E-state index in [1.807, 2.05) is 76.8 Å². The summed E-state index contributed by atoms with van der Waals surface area (Å²) in [5, 5.41) is 11.9. The molecule has 1 fully saturated rings. The second kappa shape index (κ2) is 21.5. The molecular formula is C28H45N5OS. The molecule has 4 N–H and O–H groups in total. The van der Waals surface area contributed by atoms with E-state index in [1.54, 1.807) is 25.3 Å². The van der Waals surface area contributed by atoms with Gasteiger partial charge in [0.05, 0.1) is 5.71 Å². The Bertz CT molecular complexity index is 908. The minimum Gasteiger partial charge on any atom is -0.398 e. The second-order valence-electron chi connectivity index (χ2n) is 7.46. The van der Waals surface area contributed by atoms with E-state index in [0.717, 1.165) is 36.6 Å². The van der Waals surface area contributed by atoms with Gasteiger partial charge in [-0.15, -0.1) is 17.9 Å². The lowest BCUT2D eigenvalue weighted by Crippen LogP contribution is -2.45. The van der Waals surface area contributed by atoms with Crippen LogP contribution in [0.1, 0.15) is 57.0 Å². The van der Waals surface area contributed by atoms with Crippen molar-refractivity contribution < 1.29 is 4.79 Å². The van der Waals surface area contributed by atoms with Crippen molar-refractivity contribution in [1.82, 2.24) is 15.2 Å². The van der Waals surface area contributed by atoms with Crippen LogP contribution in [-0.4, -0.2) is 47.7 Å². The molecule has 35 heavy (non-hydrogen) atoms. The zero-order valence-electron chi connectivity index (χ0n) is 22.6. The first-order valence-electron chi connectivity index (χ1n) is 11.8. The summed E-state index contributed by atoms with van der Waals surface area (Å²) in [6.45, 7) is 24.1. The Kier molecular flexibility index (Phi) is 21.0. The number of rotatable bonds is 3. The van der Waals surface area contributed by atoms with Crippen LogP contribution >= 0.6 is 11.3 Å². The second-order valence-corrected chi connectivity index (χ2v) is 8.70. The van der Waals surface area contributed by atoms with E-state index in [1.165, 1.54) is 16.9 Å². The number of piperazine rings is 1. The van der Waals surface area contributed by atoms with Gasteiger partial charge in [-0.2, -0.15) is 0 Å². The summed E-state index contributed by atoms with van der Waals surface area (Å²) in [5.41, 5.74) is 8.73. The smallest absolute Gasteiger partial charge is 0.219 e. The Hall–Kier alpha value is -3.03. The van der Waals surface area contributed by atoms with Gasteiger partial charge in [0.25, 0.3) is 0 Å². The summed E-state index contributed by atoms with van der Waals surface area (Å²) >= 11 is 1.51. The standard InChI is InChI=1S/C11H11N3S.C6H12N2O.C5H8.C4H8.C2H6/c1-7-6-14-11(15-7)10(13)8-4-2-3-5-9(8)12;1-6(9)8-4-2-7-3-5-8;1-3-5-4-2;1-4(2)3;1-2/h2-6,13H,12H2,1H3;7H,2-5H2,1H3;3-5H,1H2,2H3;1H2,2-3H3;1-2H3/b;;5-4-;;. The number of para-hydroxylation sites is 1. The van der Waals surface area contributed by atoms with E-state index in [9.17, 15) is 4.79 Å². The summed E-state index contributed by atoms with van der Waals surface area (Å²) in [5.74, 6) is 0.191. The predicted molar refractivity (Wildman–Crippen MR) is 156 cm³/mol. The summed E-state index contributed by atoms with van der Waals surface area (Å²) < 4.78 is 0. The average Bonchev–Trinajstić information content (AvgIpc) is 3.28. The highest BCUT2D eigenvalue weighted by Crippen LogP contribution is 2.19. The molecule has 1 aromatic carbocycles. The van der Waals surface area contributed by atoms with Crippen molar-refractivity contribution in [2.75, 3.05) is 31.9 Å². The topological polar surface area (TPSA) is 95.1 Å². The molecular weight excluding hydrogens is 454 g/mol. The molecule has 0 spiro atoms. The van der Waals surface area contributed by atoms with Crippen molar-refractivity contribution in [3.8, 4) is 0 Å². The first-order valence-corrected chi connectivity index (χ1v) is 12.6. The van der Waals surface area contributed by atoms with Crippen LogP contribution in [0.3, 0.4) is 0 Å². The van der Waals surface area contributed by atoms with Crippen molar-refractivity contribution in [1.29, 1.82) is 5.41 Å². The van der Waals surface area contributed by atoms with E-state index in [2.05, 4.69) is 23.5 Å². The molecule has 3 rings (SSSR count). The van der Waals surface area contributed by atoms with Gasteiger partial charge < -0.3 is 16.0 Å². The third kappa shape index (κ3) is 17.1. The van der Waals surface area contributed by atoms with Crippen LogP contribution in [-0.2, 0) is 4.79 Å². The number of nitrogens with two attached hydrogens (primary N) is 1. The number of hydrogen-bond acceptors (Lipinski definition) is 6. The number of hydrogen-bond donors (Lipinski definition) is 3. The number of allylic oxidation sites excluding steroid dienone is 4. The highest BCUT2D eigenvalue weighted by molar-refractivity contribution is 7.13. The lowest BCUT2D eigenvalue weighted by atomic mass is 10.1. The van der Waals surface area contributed by atoms with E-state index >= 15 is 0 Å². The molecule has 1 aliphatic heterocycles. The number of carbonyl (C=O) groups is 1. The van der Waals surface area contributed by atoms with Gasteiger partial charge in [0, 0.05) is 55.4 Å². The van der Waals surface area contributed by atoms with Gasteiger partial charge in [-0.25, -0.2) is 4.98 Å². The van der Waals surface area contributed by atoms with Gasteiger partial charge >= 0.3 is 0 Å². The normalized spacial score (nSPS) is 11.7. The summed E-state index contributed by atoms with van der Waals surface area (Å²) in [7, 11) is 0. The number of thiazole rings is 1. The highest BCUT2D eigenvalue weighted by atomic mass is 32.1. The molecule has 6 nitrogen and oxygen atoms in total. The maximum Gasteiger partial charge on any atom is 0.219 e. The molecule has 0 unspecified atom stereocenters. The van der Waals surface area contributed by atoms with Crippen LogP contribution in [0.4, 0.5) is 5.69 Å². The highest BCUT2D eigenvalue weighted by Gasteiger charge is 2.11. The average molecular weight is 500 g/mol. The van der Waals surface area contributed by atoms with Gasteiger partial charge in [-0.1, -0.05) is 62.4 Å². The van der Waals surface area contributed by atoms with E-state index in [4.69, 9.17) is 11.1 Å². The van der Waals surface area contributed by atoms with Gasteiger partial charge in [0.1, 0.15) is 5.01 Å². The van der Waals surface area contributed by atoms with Crippen molar-refractivity contribution in [2.24, 2.45) is 0 Å². The van der Waals surface area contributed by atoms with Crippen LogP contribution < -0.4 is 11.1 Å². The predicted octanol–water partition coefficient (Wildman–Crippen LogP) is 6.25. The quantitative estimate of drug-likeness (QED) is 0.201. The number of nitrogen functional groups attached to an aromatic ring is 1. The number of carbonyl (C=O) groups excluding carboxylic acids is 1. The molecule has 1 amide bonds. The molecule has 0 radical (unpaired) electrons. The van der Waals surface area contributed by atoms with Gasteiger partial charge in [0.2, 0.25) is 5.91 Å². The fourth-order valence-electron chi connectivity index (χ4n) is 2.43. The lowest BCUT2D eigenvalue weighted by Gasteiger charge is -2.25. The molecule has 0 atom stereocenters. The van der Waals surface area contributed by atoms with Crippen molar-refractivity contribution in [3.05, 3.63) is 82.9 Å². The Balaban J connectivity index is 0. The summed E-state index contributed by atoms with van der Waals surface area (Å²) in [4.78, 5) is 17.8. The zero-order chi connectivity index (χ0) is 27.2. The van der Waals surface area contributed by atoms with E-state index in [-0.39, 0.29) is 5.91 Å². The van der Waals surface area contributed by atoms with Crippen molar-refractivity contribution in [2.45, 2.75) is 48.5 Å².